The van der Waals surface area contributed by atoms with E-state index in [4.69, 9.17) is 4.74 Å². The van der Waals surface area contributed by atoms with Gasteiger partial charge in [0.2, 0.25) is 0 Å². The Balaban J connectivity index is 2.09. The van der Waals surface area contributed by atoms with Gasteiger partial charge in [-0.2, -0.15) is 5.10 Å². The molecule has 0 bridgehead atoms. The molecule has 1 aliphatic heterocycles. The molecule has 0 aliphatic carbocycles. The van der Waals surface area contributed by atoms with Crippen molar-refractivity contribution in [3.63, 3.8) is 0 Å². The minimum Gasteiger partial charge on any atom is -0.380 e. The Kier molecular flexibility index (Phi) is 4.57. The zero-order chi connectivity index (χ0) is 13.9. The number of hydrogen-bond donors (Lipinski definition) is 0. The Morgan fingerprint density at radius 1 is 1.53 bits per heavy atom. The fourth-order valence-electron chi connectivity index (χ4n) is 2.19. The molecule has 2 heterocycles. The van der Waals surface area contributed by atoms with Crippen LogP contribution in [0.2, 0.25) is 0 Å². The zero-order valence-electron chi connectivity index (χ0n) is 11.4. The van der Waals surface area contributed by atoms with Crippen molar-refractivity contribution in [2.75, 3.05) is 13.2 Å². The lowest BCUT2D eigenvalue weighted by molar-refractivity contribution is 0.0990. The molecule has 7 heteroatoms. The Bertz CT molecular complexity index is 504. The number of sulfone groups is 1. The lowest BCUT2D eigenvalue weighted by Gasteiger charge is -2.22. The quantitative estimate of drug-likeness (QED) is 0.808. The minimum atomic E-state index is -3.21. The van der Waals surface area contributed by atoms with Crippen molar-refractivity contribution in [3.05, 3.63) is 12.2 Å². The highest BCUT2D eigenvalue weighted by atomic mass is 32.2. The molecule has 2 rings (SSSR count). The first-order valence-corrected chi connectivity index (χ1v) is 8.36. The van der Waals surface area contributed by atoms with Gasteiger partial charge < -0.3 is 4.74 Å². The van der Waals surface area contributed by atoms with Crippen LogP contribution in [0.5, 0.6) is 0 Å². The highest BCUT2D eigenvalue weighted by Gasteiger charge is 2.29. The third-order valence-corrected chi connectivity index (χ3v) is 5.24. The average molecular weight is 287 g/mol. The number of nitrogens with zero attached hydrogens (tertiary/aromatic N) is 3. The van der Waals surface area contributed by atoms with E-state index in [1.165, 1.54) is 6.33 Å². The normalized spacial score (nSPS) is 20.9. The van der Waals surface area contributed by atoms with Crippen LogP contribution in [0.3, 0.4) is 0 Å². The van der Waals surface area contributed by atoms with Crippen LogP contribution in [0.15, 0.2) is 6.33 Å². The molecule has 0 spiro atoms. The van der Waals surface area contributed by atoms with Crippen molar-refractivity contribution in [1.29, 1.82) is 0 Å². The van der Waals surface area contributed by atoms with E-state index in [0.717, 1.165) is 6.42 Å². The molecule has 1 aromatic heterocycles. The number of ether oxygens (including phenoxy) is 1. The number of hydrogen-bond acceptors (Lipinski definition) is 5. The third kappa shape index (κ3) is 3.76. The second kappa shape index (κ2) is 6.00. The van der Waals surface area contributed by atoms with Crippen molar-refractivity contribution < 1.29 is 13.2 Å². The summed E-state index contributed by atoms with van der Waals surface area (Å²) in [7, 11) is -3.21. The molecular formula is C12H21N3O3S. The first-order valence-electron chi connectivity index (χ1n) is 6.65. The van der Waals surface area contributed by atoms with E-state index >= 15 is 0 Å². The summed E-state index contributed by atoms with van der Waals surface area (Å²) in [6, 6.07) is 0. The van der Waals surface area contributed by atoms with Gasteiger partial charge in [-0.15, -0.1) is 0 Å². The third-order valence-electron chi connectivity index (χ3n) is 3.19. The van der Waals surface area contributed by atoms with E-state index in [-0.39, 0.29) is 5.75 Å². The van der Waals surface area contributed by atoms with Crippen molar-refractivity contribution in [1.82, 2.24) is 14.8 Å². The Labute approximate surface area is 114 Å². The van der Waals surface area contributed by atoms with Crippen LogP contribution in [0.4, 0.5) is 0 Å². The molecule has 19 heavy (non-hydrogen) atoms. The van der Waals surface area contributed by atoms with Gasteiger partial charge in [0.05, 0.1) is 11.9 Å². The van der Waals surface area contributed by atoms with Crippen LogP contribution in [-0.2, 0) is 26.9 Å². The summed E-state index contributed by atoms with van der Waals surface area (Å²) in [5, 5.41) is 3.70. The summed E-state index contributed by atoms with van der Waals surface area (Å²) < 4.78 is 31.6. The maximum Gasteiger partial charge on any atom is 0.162 e. The first-order chi connectivity index (χ1) is 8.99. The first kappa shape index (κ1) is 14.5. The Hall–Kier alpha value is -0.950. The summed E-state index contributed by atoms with van der Waals surface area (Å²) in [5.74, 6) is 0.883. The number of rotatable bonds is 5. The van der Waals surface area contributed by atoms with E-state index in [0.29, 0.717) is 37.9 Å². The molecule has 1 aromatic rings. The Morgan fingerprint density at radius 3 is 2.95 bits per heavy atom. The molecule has 1 fully saturated rings. The molecule has 0 radical (unpaired) electrons. The van der Waals surface area contributed by atoms with Gasteiger partial charge in [0.25, 0.3) is 0 Å². The van der Waals surface area contributed by atoms with Crippen molar-refractivity contribution in [3.8, 4) is 0 Å². The highest BCUT2D eigenvalue weighted by Crippen LogP contribution is 2.18. The van der Waals surface area contributed by atoms with E-state index in [9.17, 15) is 8.42 Å². The maximum atomic E-state index is 12.3. The van der Waals surface area contributed by atoms with E-state index in [1.807, 2.05) is 0 Å². The lowest BCUT2D eigenvalue weighted by Crippen LogP contribution is -2.32. The van der Waals surface area contributed by atoms with E-state index in [1.54, 1.807) is 4.68 Å². The van der Waals surface area contributed by atoms with Crippen LogP contribution >= 0.6 is 0 Å². The van der Waals surface area contributed by atoms with Gasteiger partial charge in [-0.1, -0.05) is 13.8 Å². The molecule has 0 aromatic carbocycles. The fourth-order valence-corrected chi connectivity index (χ4v) is 3.84. The average Bonchev–Trinajstić information content (AvgIpc) is 2.76. The molecule has 1 aliphatic rings. The fraction of sp³-hybridized carbons (Fsp3) is 0.833. The van der Waals surface area contributed by atoms with Gasteiger partial charge in [0.15, 0.2) is 9.84 Å². The standard InChI is InChI=1S/C12H21N3O3S/c1-10(2)6-15-12(13-9-14-15)8-19(16,17)11-4-3-5-18-7-11/h9-11H,3-8H2,1-2H3. The SMILES string of the molecule is CC(C)Cn1ncnc1CS(=O)(=O)C1CCCOC1. The molecule has 6 nitrogen and oxygen atoms in total. The molecule has 0 amide bonds. The van der Waals surface area contributed by atoms with Gasteiger partial charge in [-0.25, -0.2) is 18.1 Å². The van der Waals surface area contributed by atoms with Crippen LogP contribution in [0.1, 0.15) is 32.5 Å². The predicted octanol–water partition coefficient (Wildman–Crippen LogP) is 1.03. The Morgan fingerprint density at radius 2 is 2.32 bits per heavy atom. The van der Waals surface area contributed by atoms with Gasteiger partial charge in [-0.05, 0) is 18.8 Å². The molecule has 1 saturated heterocycles. The minimum absolute atomic E-state index is 0.0479. The van der Waals surface area contributed by atoms with Crippen molar-refractivity contribution in [2.45, 2.75) is 44.2 Å². The summed E-state index contributed by atoms with van der Waals surface area (Å²) in [5.41, 5.74) is 0. The van der Waals surface area contributed by atoms with Gasteiger partial charge in [0.1, 0.15) is 17.9 Å². The van der Waals surface area contributed by atoms with Crippen molar-refractivity contribution in [2.24, 2.45) is 5.92 Å². The van der Waals surface area contributed by atoms with Gasteiger partial charge in [-0.3, -0.25) is 0 Å². The zero-order valence-corrected chi connectivity index (χ0v) is 12.3. The van der Waals surface area contributed by atoms with Gasteiger partial charge in [0, 0.05) is 13.2 Å². The largest absolute Gasteiger partial charge is 0.380 e. The second-order valence-electron chi connectivity index (χ2n) is 5.40. The molecular weight excluding hydrogens is 266 g/mol. The number of aromatic nitrogens is 3. The van der Waals surface area contributed by atoms with Crippen LogP contribution in [-0.4, -0.2) is 41.6 Å². The van der Waals surface area contributed by atoms with E-state index < -0.39 is 15.1 Å². The molecule has 1 atom stereocenters. The van der Waals surface area contributed by atoms with Crippen LogP contribution < -0.4 is 0 Å². The van der Waals surface area contributed by atoms with Gasteiger partial charge >= 0.3 is 0 Å². The van der Waals surface area contributed by atoms with Crippen molar-refractivity contribution >= 4 is 9.84 Å². The second-order valence-corrected chi connectivity index (χ2v) is 7.68. The predicted molar refractivity (Wildman–Crippen MR) is 71.3 cm³/mol. The highest BCUT2D eigenvalue weighted by molar-refractivity contribution is 7.91. The molecule has 1 unspecified atom stereocenters. The summed E-state index contributed by atoms with van der Waals surface area (Å²) in [6.07, 6.45) is 2.91. The molecule has 0 N–H and O–H groups in total. The maximum absolute atomic E-state index is 12.3. The lowest BCUT2D eigenvalue weighted by atomic mass is 10.2. The van der Waals surface area contributed by atoms with Crippen LogP contribution in [0.25, 0.3) is 0 Å². The van der Waals surface area contributed by atoms with E-state index in [2.05, 4.69) is 23.9 Å². The topological polar surface area (TPSA) is 74.1 Å². The monoisotopic (exact) mass is 287 g/mol. The smallest absolute Gasteiger partial charge is 0.162 e. The summed E-state index contributed by atoms with van der Waals surface area (Å²) >= 11 is 0. The summed E-state index contributed by atoms with van der Waals surface area (Å²) in [6.45, 7) is 5.78. The molecule has 0 saturated carbocycles. The van der Waals surface area contributed by atoms with Crippen LogP contribution in [0, 0.1) is 5.92 Å². The molecule has 108 valence electrons. The summed E-state index contributed by atoms with van der Waals surface area (Å²) in [4.78, 5) is 4.08.